The molecule has 0 bridgehead atoms. The lowest BCUT2D eigenvalue weighted by Crippen LogP contribution is -2.11. The molecule has 4 nitrogen and oxygen atoms in total. The van der Waals surface area contributed by atoms with Crippen molar-refractivity contribution in [2.45, 2.75) is 12.3 Å². The van der Waals surface area contributed by atoms with E-state index in [1.54, 1.807) is 0 Å². The molecule has 0 spiro atoms. The largest absolute Gasteiger partial charge is 0.481 e. The van der Waals surface area contributed by atoms with Gasteiger partial charge in [0.05, 0.1) is 18.5 Å². The Kier molecular flexibility index (Phi) is 3.94. The van der Waals surface area contributed by atoms with Crippen LogP contribution in [0.2, 0.25) is 0 Å². The number of imidazole rings is 1. The maximum Gasteiger partial charge on any atom is 0.304 e. The van der Waals surface area contributed by atoms with Crippen LogP contribution in [-0.4, -0.2) is 21.0 Å². The molecule has 0 aliphatic heterocycles. The van der Waals surface area contributed by atoms with Gasteiger partial charge < -0.3 is 10.1 Å². The Morgan fingerprint density at radius 2 is 2.21 bits per heavy atom. The van der Waals surface area contributed by atoms with E-state index in [4.69, 9.17) is 5.11 Å². The Hall–Kier alpha value is -1.76. The van der Waals surface area contributed by atoms with Gasteiger partial charge in [-0.05, 0) is 34.1 Å². The van der Waals surface area contributed by atoms with Gasteiger partial charge in [0.1, 0.15) is 22.1 Å². The van der Waals surface area contributed by atoms with E-state index in [9.17, 15) is 13.6 Å². The highest BCUT2D eigenvalue weighted by atomic mass is 79.9. The lowest BCUT2D eigenvalue weighted by Gasteiger charge is -2.13. The number of halogens is 3. The fourth-order valence-corrected chi connectivity index (χ4v) is 2.11. The third kappa shape index (κ3) is 3.17. The highest BCUT2D eigenvalue weighted by molar-refractivity contribution is 9.10. The summed E-state index contributed by atoms with van der Waals surface area (Å²) >= 11 is 3.14. The topological polar surface area (TPSA) is 66.0 Å². The number of aromatic amines is 1. The summed E-state index contributed by atoms with van der Waals surface area (Å²) in [5.41, 5.74) is -0.0377. The predicted molar refractivity (Wildman–Crippen MR) is 66.7 cm³/mol. The molecular formula is C12H9BrF2N2O2. The number of nitrogens with one attached hydrogen (secondary N) is 1. The van der Waals surface area contributed by atoms with Crippen molar-refractivity contribution in [1.29, 1.82) is 0 Å². The molecule has 1 atom stereocenters. The Labute approximate surface area is 115 Å². The molecule has 1 unspecified atom stereocenters. The summed E-state index contributed by atoms with van der Waals surface area (Å²) in [6.45, 7) is 0. The summed E-state index contributed by atoms with van der Waals surface area (Å²) in [6.07, 6.45) is 1.04. The number of aliphatic carboxylic acids is 1. The number of hydrogen-bond donors (Lipinski definition) is 2. The monoisotopic (exact) mass is 330 g/mol. The Morgan fingerprint density at radius 1 is 1.47 bits per heavy atom. The summed E-state index contributed by atoms with van der Waals surface area (Å²) in [5.74, 6) is -3.03. The minimum atomic E-state index is -1.12. The molecule has 2 rings (SSSR count). The third-order valence-electron chi connectivity index (χ3n) is 2.61. The summed E-state index contributed by atoms with van der Waals surface area (Å²) < 4.78 is 27.5. The molecule has 0 aliphatic rings. The predicted octanol–water partition coefficient (Wildman–Crippen LogP) is 3.06. The van der Waals surface area contributed by atoms with E-state index in [1.165, 1.54) is 6.20 Å². The molecule has 0 fully saturated rings. The van der Waals surface area contributed by atoms with E-state index >= 15 is 0 Å². The highest BCUT2D eigenvalue weighted by Crippen LogP contribution is 2.29. The van der Waals surface area contributed by atoms with Crippen LogP contribution >= 0.6 is 15.9 Å². The smallest absolute Gasteiger partial charge is 0.304 e. The first kappa shape index (κ1) is 13.7. The highest BCUT2D eigenvalue weighted by Gasteiger charge is 2.24. The molecule has 1 aromatic heterocycles. The number of carboxylic acids is 1. The van der Waals surface area contributed by atoms with E-state index in [-0.39, 0.29) is 17.8 Å². The lowest BCUT2D eigenvalue weighted by molar-refractivity contribution is -0.137. The Balaban J connectivity index is 2.48. The maximum absolute atomic E-state index is 13.7. The van der Waals surface area contributed by atoms with Gasteiger partial charge >= 0.3 is 5.97 Å². The third-order valence-corrected chi connectivity index (χ3v) is 3.01. The van der Waals surface area contributed by atoms with E-state index in [0.29, 0.717) is 4.60 Å². The SMILES string of the molecule is O=C(O)CC(c1ncc(Br)[nH]1)c1cc(F)ccc1F. The van der Waals surface area contributed by atoms with Crippen LogP contribution in [0.15, 0.2) is 29.0 Å². The van der Waals surface area contributed by atoms with Gasteiger partial charge in [0.15, 0.2) is 0 Å². The van der Waals surface area contributed by atoms with Gasteiger partial charge in [0.25, 0.3) is 0 Å². The fraction of sp³-hybridized carbons (Fsp3) is 0.167. The number of hydrogen-bond acceptors (Lipinski definition) is 2. The molecule has 0 saturated heterocycles. The molecule has 100 valence electrons. The standard InChI is InChI=1S/C12H9BrF2N2O2/c13-10-5-16-12(17-10)8(4-11(18)19)7-3-6(14)1-2-9(7)15/h1-3,5,8H,4H2,(H,16,17)(H,18,19). The van der Waals surface area contributed by atoms with Crippen LogP contribution in [0.4, 0.5) is 8.78 Å². The zero-order valence-electron chi connectivity index (χ0n) is 9.53. The average Bonchev–Trinajstić information content (AvgIpc) is 2.76. The van der Waals surface area contributed by atoms with Gasteiger partial charge in [0.2, 0.25) is 0 Å². The van der Waals surface area contributed by atoms with Crippen molar-refractivity contribution in [1.82, 2.24) is 9.97 Å². The van der Waals surface area contributed by atoms with Crippen LogP contribution in [0.1, 0.15) is 23.7 Å². The minimum Gasteiger partial charge on any atom is -0.481 e. The zero-order chi connectivity index (χ0) is 14.0. The Bertz CT molecular complexity index is 616. The Morgan fingerprint density at radius 3 is 2.79 bits per heavy atom. The van der Waals surface area contributed by atoms with Crippen molar-refractivity contribution in [2.75, 3.05) is 0 Å². The molecule has 0 aliphatic carbocycles. The number of H-pyrrole nitrogens is 1. The second-order valence-electron chi connectivity index (χ2n) is 3.93. The van der Waals surface area contributed by atoms with Gasteiger partial charge in [-0.15, -0.1) is 0 Å². The number of nitrogens with zero attached hydrogens (tertiary/aromatic N) is 1. The molecule has 2 N–H and O–H groups in total. The first-order valence-corrected chi connectivity index (χ1v) is 6.14. The van der Waals surface area contributed by atoms with Crippen molar-refractivity contribution in [2.24, 2.45) is 0 Å². The summed E-state index contributed by atoms with van der Waals surface area (Å²) in [6, 6.07) is 2.94. The van der Waals surface area contributed by atoms with Gasteiger partial charge in [0, 0.05) is 5.56 Å². The van der Waals surface area contributed by atoms with E-state index in [1.807, 2.05) is 0 Å². The quantitative estimate of drug-likeness (QED) is 0.905. The average molecular weight is 331 g/mol. The minimum absolute atomic E-state index is 0.0377. The van der Waals surface area contributed by atoms with Gasteiger partial charge in [-0.3, -0.25) is 4.79 Å². The van der Waals surface area contributed by atoms with Crippen LogP contribution in [-0.2, 0) is 4.79 Å². The van der Waals surface area contributed by atoms with Crippen LogP contribution in [0, 0.1) is 11.6 Å². The second-order valence-corrected chi connectivity index (χ2v) is 4.79. The summed E-state index contributed by atoms with van der Waals surface area (Å²) in [5, 5.41) is 8.90. The molecule has 1 aromatic carbocycles. The second kappa shape index (κ2) is 5.48. The molecule has 0 saturated carbocycles. The summed E-state index contributed by atoms with van der Waals surface area (Å²) in [7, 11) is 0. The lowest BCUT2D eigenvalue weighted by atomic mass is 9.94. The number of aromatic nitrogens is 2. The number of carbonyl (C=O) groups is 1. The molecule has 7 heteroatoms. The van der Waals surface area contributed by atoms with E-state index in [2.05, 4.69) is 25.9 Å². The van der Waals surface area contributed by atoms with Crippen molar-refractivity contribution >= 4 is 21.9 Å². The number of benzene rings is 1. The number of carboxylic acid groups (broad SMARTS) is 1. The molecule has 1 heterocycles. The molecule has 0 radical (unpaired) electrons. The number of rotatable bonds is 4. The van der Waals surface area contributed by atoms with Crippen LogP contribution in [0.25, 0.3) is 0 Å². The molecule has 0 amide bonds. The van der Waals surface area contributed by atoms with Crippen molar-refractivity contribution in [3.8, 4) is 0 Å². The van der Waals surface area contributed by atoms with Gasteiger partial charge in [-0.25, -0.2) is 13.8 Å². The van der Waals surface area contributed by atoms with Gasteiger partial charge in [-0.1, -0.05) is 0 Å². The fourth-order valence-electron chi connectivity index (χ4n) is 1.80. The zero-order valence-corrected chi connectivity index (χ0v) is 11.1. The first-order chi connectivity index (χ1) is 8.97. The van der Waals surface area contributed by atoms with Crippen LogP contribution in [0.3, 0.4) is 0 Å². The molecule has 19 heavy (non-hydrogen) atoms. The molecular weight excluding hydrogens is 322 g/mol. The van der Waals surface area contributed by atoms with Gasteiger partial charge in [-0.2, -0.15) is 0 Å². The van der Waals surface area contributed by atoms with E-state index in [0.717, 1.165) is 18.2 Å². The molecule has 2 aromatic rings. The van der Waals surface area contributed by atoms with Crippen molar-refractivity contribution < 1.29 is 18.7 Å². The first-order valence-electron chi connectivity index (χ1n) is 5.34. The summed E-state index contributed by atoms with van der Waals surface area (Å²) in [4.78, 5) is 17.6. The van der Waals surface area contributed by atoms with Crippen molar-refractivity contribution in [3.05, 3.63) is 52.0 Å². The van der Waals surface area contributed by atoms with Crippen molar-refractivity contribution in [3.63, 3.8) is 0 Å². The van der Waals surface area contributed by atoms with Crippen LogP contribution < -0.4 is 0 Å². The van der Waals surface area contributed by atoms with E-state index < -0.39 is 23.5 Å². The normalized spacial score (nSPS) is 12.4. The maximum atomic E-state index is 13.7. The van der Waals surface area contributed by atoms with Crippen LogP contribution in [0.5, 0.6) is 0 Å².